The fourth-order valence-corrected chi connectivity index (χ4v) is 7.75. The number of allylic oxidation sites excluding steroid dienone is 3. The molecule has 56 heavy (non-hydrogen) atoms. The van der Waals surface area contributed by atoms with Gasteiger partial charge in [0.2, 0.25) is 5.91 Å². The second kappa shape index (κ2) is 42.1. The molecule has 0 aromatic rings. The molecule has 0 spiro atoms. The van der Waals surface area contributed by atoms with Crippen LogP contribution in [0.15, 0.2) is 24.3 Å². The van der Waals surface area contributed by atoms with Crippen molar-refractivity contribution in [3.8, 4) is 0 Å². The van der Waals surface area contributed by atoms with Gasteiger partial charge in [0.15, 0.2) is 0 Å². The first-order valence-electron chi connectivity index (χ1n) is 23.5. The lowest BCUT2D eigenvalue weighted by Crippen LogP contribution is -2.46. The van der Waals surface area contributed by atoms with Gasteiger partial charge in [-0.15, -0.1) is 0 Å². The minimum Gasteiger partial charge on any atom is -0.393 e. The molecule has 1 amide bonds. The Labute approximate surface area is 345 Å². The van der Waals surface area contributed by atoms with Gasteiger partial charge in [0.05, 0.1) is 37.9 Å². The summed E-state index contributed by atoms with van der Waals surface area (Å²) in [6, 6.07) is -0.983. The quantitative estimate of drug-likeness (QED) is 0.0232. The number of nitrogens with two attached hydrogens (primary N) is 1. The predicted octanol–water partition coefficient (Wildman–Crippen LogP) is 12.3. The van der Waals surface area contributed by atoms with E-state index in [2.05, 4.69) is 31.3 Å². The van der Waals surface area contributed by atoms with E-state index in [1.165, 1.54) is 148 Å². The number of aliphatic hydroxyl groups is 2. The van der Waals surface area contributed by atoms with Gasteiger partial charge < -0.3 is 26.2 Å². The summed E-state index contributed by atoms with van der Waals surface area (Å²) in [5.74, 6) is -0.449. The van der Waals surface area contributed by atoms with Gasteiger partial charge in [-0.3, -0.25) is 13.8 Å². The average Bonchev–Trinajstić information content (AvgIpc) is 3.17. The van der Waals surface area contributed by atoms with Crippen molar-refractivity contribution in [2.75, 3.05) is 19.8 Å². The summed E-state index contributed by atoms with van der Waals surface area (Å²) in [5.41, 5.74) is 5.37. The fraction of sp³-hybridized carbons (Fsp3) is 0.891. The van der Waals surface area contributed by atoms with Crippen molar-refractivity contribution < 1.29 is 33.5 Å². The Kier molecular flexibility index (Phi) is 41.3. The lowest BCUT2D eigenvalue weighted by Gasteiger charge is -2.24. The number of phosphoric ester groups is 1. The first-order valence-corrected chi connectivity index (χ1v) is 25.0. The number of nitrogens with one attached hydrogen (secondary N) is 1. The van der Waals surface area contributed by atoms with E-state index in [4.69, 9.17) is 14.8 Å². The van der Waals surface area contributed by atoms with E-state index in [0.29, 0.717) is 6.42 Å². The molecule has 0 fully saturated rings. The zero-order chi connectivity index (χ0) is 41.2. The number of amides is 1. The maximum absolute atomic E-state index is 12.8. The maximum atomic E-state index is 12.8. The summed E-state index contributed by atoms with van der Waals surface area (Å²) in [6.07, 6.45) is 45.4. The highest BCUT2D eigenvalue weighted by Gasteiger charge is 2.27. The molecular weight excluding hydrogens is 723 g/mol. The average molecular weight is 815 g/mol. The molecule has 0 aliphatic rings. The molecule has 0 aromatic heterocycles. The van der Waals surface area contributed by atoms with Gasteiger partial charge in [0.25, 0.3) is 0 Å². The SMILES string of the molecule is CCCCCCCCCC/C=C\CCCCCCCC(O)CC(=O)NC(COP(=O)(O)OCCN)C(O)/C=C/CCCCCCCCCCCCCCCCC. The smallest absolute Gasteiger partial charge is 0.393 e. The van der Waals surface area contributed by atoms with Crippen LogP contribution in [0, 0.1) is 0 Å². The number of rotatable bonds is 44. The van der Waals surface area contributed by atoms with Gasteiger partial charge >= 0.3 is 7.82 Å². The van der Waals surface area contributed by atoms with E-state index in [-0.39, 0.29) is 19.6 Å². The molecule has 0 radical (unpaired) electrons. The summed E-state index contributed by atoms with van der Waals surface area (Å²) in [6.45, 7) is 3.99. The molecule has 0 aliphatic heterocycles. The van der Waals surface area contributed by atoms with E-state index >= 15 is 0 Å². The third-order valence-electron chi connectivity index (χ3n) is 10.6. The van der Waals surface area contributed by atoms with Crippen LogP contribution in [0.2, 0.25) is 0 Å². The number of aliphatic hydroxyl groups excluding tert-OH is 2. The van der Waals surface area contributed by atoms with Crippen LogP contribution in [0.5, 0.6) is 0 Å². The molecule has 10 heteroatoms. The van der Waals surface area contributed by atoms with Crippen LogP contribution in [0.4, 0.5) is 0 Å². The molecule has 0 rings (SSSR count). The van der Waals surface area contributed by atoms with Gasteiger partial charge in [-0.1, -0.05) is 199 Å². The monoisotopic (exact) mass is 815 g/mol. The van der Waals surface area contributed by atoms with E-state index in [1.54, 1.807) is 6.08 Å². The van der Waals surface area contributed by atoms with Crippen molar-refractivity contribution in [2.45, 2.75) is 244 Å². The highest BCUT2D eigenvalue weighted by atomic mass is 31.2. The summed E-state index contributed by atoms with van der Waals surface area (Å²) in [5, 5.41) is 24.1. The zero-order valence-corrected chi connectivity index (χ0v) is 37.4. The molecule has 4 unspecified atom stereocenters. The first-order chi connectivity index (χ1) is 27.3. The Morgan fingerprint density at radius 3 is 1.43 bits per heavy atom. The van der Waals surface area contributed by atoms with Crippen LogP contribution in [0.3, 0.4) is 0 Å². The zero-order valence-electron chi connectivity index (χ0n) is 36.5. The van der Waals surface area contributed by atoms with Crippen molar-refractivity contribution in [3.63, 3.8) is 0 Å². The van der Waals surface area contributed by atoms with Crippen molar-refractivity contribution in [2.24, 2.45) is 5.73 Å². The van der Waals surface area contributed by atoms with Crippen molar-refractivity contribution in [1.29, 1.82) is 0 Å². The van der Waals surface area contributed by atoms with Crippen molar-refractivity contribution in [3.05, 3.63) is 24.3 Å². The van der Waals surface area contributed by atoms with Gasteiger partial charge in [-0.05, 0) is 44.9 Å². The van der Waals surface area contributed by atoms with Crippen LogP contribution in [0.1, 0.15) is 226 Å². The summed E-state index contributed by atoms with van der Waals surface area (Å²) in [7, 11) is -4.40. The Morgan fingerprint density at radius 2 is 1.00 bits per heavy atom. The molecule has 332 valence electrons. The summed E-state index contributed by atoms with van der Waals surface area (Å²) >= 11 is 0. The molecule has 9 nitrogen and oxygen atoms in total. The molecule has 0 bridgehead atoms. The molecule has 4 atom stereocenters. The minimum absolute atomic E-state index is 0.0490. The second-order valence-electron chi connectivity index (χ2n) is 16.2. The second-order valence-corrected chi connectivity index (χ2v) is 17.6. The van der Waals surface area contributed by atoms with Gasteiger partial charge in [-0.25, -0.2) is 4.57 Å². The lowest BCUT2D eigenvalue weighted by molar-refractivity contribution is -0.124. The molecule has 0 heterocycles. The molecular formula is C46H91N2O7P. The molecule has 6 N–H and O–H groups in total. The lowest BCUT2D eigenvalue weighted by atomic mass is 10.0. The Balaban J connectivity index is 4.28. The predicted molar refractivity (Wildman–Crippen MR) is 237 cm³/mol. The number of hydrogen-bond donors (Lipinski definition) is 5. The van der Waals surface area contributed by atoms with E-state index in [0.717, 1.165) is 51.4 Å². The number of phosphoric acid groups is 1. The third kappa shape index (κ3) is 39.8. The highest BCUT2D eigenvalue weighted by molar-refractivity contribution is 7.47. The number of carbonyl (C=O) groups excluding carboxylic acids is 1. The Morgan fingerprint density at radius 1 is 0.607 bits per heavy atom. The van der Waals surface area contributed by atoms with Gasteiger partial charge in [0, 0.05) is 6.54 Å². The minimum atomic E-state index is -4.40. The molecule has 0 saturated carbocycles. The van der Waals surface area contributed by atoms with Gasteiger partial charge in [-0.2, -0.15) is 0 Å². The van der Waals surface area contributed by atoms with Crippen LogP contribution in [-0.2, 0) is 18.4 Å². The van der Waals surface area contributed by atoms with E-state index < -0.39 is 38.6 Å². The van der Waals surface area contributed by atoms with Gasteiger partial charge in [0.1, 0.15) is 0 Å². The van der Waals surface area contributed by atoms with E-state index in [9.17, 15) is 24.5 Å². The van der Waals surface area contributed by atoms with Crippen LogP contribution >= 0.6 is 7.82 Å². The van der Waals surface area contributed by atoms with Crippen LogP contribution in [-0.4, -0.2) is 59.0 Å². The number of hydrogen-bond acceptors (Lipinski definition) is 7. The van der Waals surface area contributed by atoms with Crippen molar-refractivity contribution >= 4 is 13.7 Å². The first kappa shape index (κ1) is 54.9. The fourth-order valence-electron chi connectivity index (χ4n) is 6.99. The number of carbonyl (C=O) groups is 1. The third-order valence-corrected chi connectivity index (χ3v) is 11.6. The van der Waals surface area contributed by atoms with Crippen LogP contribution < -0.4 is 11.1 Å². The van der Waals surface area contributed by atoms with E-state index in [1.807, 2.05) is 6.08 Å². The molecule has 0 saturated heterocycles. The van der Waals surface area contributed by atoms with Crippen molar-refractivity contribution in [1.82, 2.24) is 5.32 Å². The molecule has 0 aromatic carbocycles. The summed E-state index contributed by atoms with van der Waals surface area (Å²) in [4.78, 5) is 22.8. The Hall–Kier alpha value is -1.06. The topological polar surface area (TPSA) is 151 Å². The number of unbranched alkanes of at least 4 members (excludes halogenated alkanes) is 28. The largest absolute Gasteiger partial charge is 0.472 e. The summed E-state index contributed by atoms with van der Waals surface area (Å²) < 4.78 is 22.1. The maximum Gasteiger partial charge on any atom is 0.472 e. The highest BCUT2D eigenvalue weighted by Crippen LogP contribution is 2.43. The Bertz CT molecular complexity index is 950. The van der Waals surface area contributed by atoms with Crippen LogP contribution in [0.25, 0.3) is 0 Å². The standard InChI is InChI=1S/C46H91N2O7P/c1-3-5-7-9-11-13-15-17-19-21-23-25-27-29-31-33-35-37-43(49)41-46(51)48-44(42-55-56(52,53)54-40-39-47)45(50)38-36-34-32-30-28-26-24-22-20-18-16-14-12-10-8-6-4-2/h21,23,36,38,43-45,49-50H,3-20,22,24-35,37,39-42,47H2,1-2H3,(H,48,51)(H,52,53)/b23-21-,38-36+. The normalized spacial score (nSPS) is 14.8. The molecule has 0 aliphatic carbocycles.